The average Bonchev–Trinajstić information content (AvgIpc) is 2.80. The maximum Gasteiger partial charge on any atom is 0.230 e. The molecule has 1 aliphatic carbocycles. The first-order valence-corrected chi connectivity index (χ1v) is 11.5. The highest BCUT2D eigenvalue weighted by Gasteiger charge is 2.15. The van der Waals surface area contributed by atoms with Gasteiger partial charge in [-0.05, 0) is 48.6 Å². The summed E-state index contributed by atoms with van der Waals surface area (Å²) >= 11 is 1.74. The molecule has 0 saturated carbocycles. The normalized spacial score (nSPS) is 13.3. The molecule has 8 heteroatoms. The highest BCUT2D eigenvalue weighted by molar-refractivity contribution is 7.97. The van der Waals surface area contributed by atoms with E-state index in [-0.39, 0.29) is 18.3 Å². The van der Waals surface area contributed by atoms with E-state index in [1.54, 1.807) is 17.8 Å². The van der Waals surface area contributed by atoms with Crippen molar-refractivity contribution in [3.8, 4) is 17.1 Å². The molecule has 0 bridgehead atoms. The lowest BCUT2D eigenvalue weighted by molar-refractivity contribution is 0.349. The number of hydrogen-bond donors (Lipinski definition) is 1. The fourth-order valence-electron chi connectivity index (χ4n) is 3.29. The minimum absolute atomic E-state index is 0.0411. The van der Waals surface area contributed by atoms with Gasteiger partial charge in [-0.25, -0.2) is 18.7 Å². The van der Waals surface area contributed by atoms with E-state index in [0.29, 0.717) is 35.7 Å². The second-order valence-corrected chi connectivity index (χ2v) is 8.06. The summed E-state index contributed by atoms with van der Waals surface area (Å²) in [7, 11) is 0. The molecule has 0 fully saturated rings. The van der Waals surface area contributed by atoms with Crippen LogP contribution in [-0.2, 0) is 5.75 Å². The third-order valence-electron chi connectivity index (χ3n) is 4.83. The van der Waals surface area contributed by atoms with E-state index < -0.39 is 5.82 Å². The Morgan fingerprint density at radius 3 is 2.88 bits per heavy atom. The summed E-state index contributed by atoms with van der Waals surface area (Å²) in [6.45, 7) is 0.0411. The van der Waals surface area contributed by atoms with Crippen molar-refractivity contribution < 1.29 is 13.5 Å². The smallest absolute Gasteiger partial charge is 0.230 e. The quantitative estimate of drug-likeness (QED) is 0.437. The number of ether oxygens (including phenoxy) is 1. The van der Waals surface area contributed by atoms with Crippen LogP contribution < -0.4 is 10.1 Å². The Hall–Kier alpha value is -3.26. The Labute approximate surface area is 189 Å². The van der Waals surface area contributed by atoms with Gasteiger partial charge in [-0.3, -0.25) is 0 Å². The summed E-state index contributed by atoms with van der Waals surface area (Å²) in [4.78, 5) is 12.8. The zero-order chi connectivity index (χ0) is 22.3. The molecule has 0 radical (unpaired) electrons. The van der Waals surface area contributed by atoms with Crippen molar-refractivity contribution in [1.82, 2.24) is 15.0 Å². The van der Waals surface area contributed by atoms with E-state index in [4.69, 9.17) is 4.74 Å². The lowest BCUT2D eigenvalue weighted by Gasteiger charge is -2.14. The van der Waals surface area contributed by atoms with Crippen molar-refractivity contribution in [3.05, 3.63) is 83.7 Å². The summed E-state index contributed by atoms with van der Waals surface area (Å²) < 4.78 is 33.9. The lowest BCUT2D eigenvalue weighted by Crippen LogP contribution is -2.06. The molecule has 0 saturated heterocycles. The van der Waals surface area contributed by atoms with Gasteiger partial charge in [-0.1, -0.05) is 24.3 Å². The molecule has 0 amide bonds. The van der Waals surface area contributed by atoms with Crippen LogP contribution in [0.1, 0.15) is 18.4 Å². The Kier molecular flexibility index (Phi) is 7.11. The molecule has 1 aliphatic rings. The van der Waals surface area contributed by atoms with Gasteiger partial charge in [0.1, 0.15) is 30.3 Å². The van der Waals surface area contributed by atoms with Gasteiger partial charge >= 0.3 is 0 Å². The van der Waals surface area contributed by atoms with Gasteiger partial charge in [0.05, 0.1) is 5.56 Å². The van der Waals surface area contributed by atoms with Crippen LogP contribution in [0.25, 0.3) is 11.4 Å². The number of rotatable bonds is 8. The van der Waals surface area contributed by atoms with Crippen molar-refractivity contribution in [2.24, 2.45) is 0 Å². The van der Waals surface area contributed by atoms with Crippen molar-refractivity contribution in [3.63, 3.8) is 0 Å². The van der Waals surface area contributed by atoms with Crippen LogP contribution in [0.2, 0.25) is 0 Å². The first-order valence-electron chi connectivity index (χ1n) is 10.1. The Morgan fingerprint density at radius 1 is 1.12 bits per heavy atom. The summed E-state index contributed by atoms with van der Waals surface area (Å²) in [5.41, 5.74) is 2.87. The predicted octanol–water partition coefficient (Wildman–Crippen LogP) is 6.24. The summed E-state index contributed by atoms with van der Waals surface area (Å²) in [5, 5.41) is 3.16. The SMILES string of the molecule is CSCc1cccc(Nc2ncnc(-c3cc(F)ccc3OCC3=C(F)CCC=C3)n2)c1. The maximum absolute atomic E-state index is 14.0. The third kappa shape index (κ3) is 5.50. The number of benzene rings is 2. The second-order valence-electron chi connectivity index (χ2n) is 7.19. The van der Waals surface area contributed by atoms with E-state index in [0.717, 1.165) is 11.4 Å². The highest BCUT2D eigenvalue weighted by Crippen LogP contribution is 2.30. The number of aromatic nitrogens is 3. The Morgan fingerprint density at radius 2 is 2.03 bits per heavy atom. The Bertz CT molecular complexity index is 1170. The molecule has 32 heavy (non-hydrogen) atoms. The molecule has 2 aromatic carbocycles. The van der Waals surface area contributed by atoms with Gasteiger partial charge in [0, 0.05) is 23.4 Å². The fraction of sp³-hybridized carbons (Fsp3) is 0.208. The largest absolute Gasteiger partial charge is 0.488 e. The standard InChI is InChI=1S/C24H22F2N4OS/c1-32-14-16-5-4-7-19(11-16)29-24-28-15-27-23(30-24)20-12-18(25)9-10-22(20)31-13-17-6-2-3-8-21(17)26/h2,4-7,9-12,15H,3,8,13-14H2,1H3,(H,27,28,29,30). The number of allylic oxidation sites excluding steroid dienone is 2. The number of nitrogens with zero attached hydrogens (tertiary/aromatic N) is 3. The van der Waals surface area contributed by atoms with Gasteiger partial charge in [0.25, 0.3) is 0 Å². The number of nitrogens with one attached hydrogen (secondary N) is 1. The van der Waals surface area contributed by atoms with E-state index in [1.165, 1.54) is 30.1 Å². The van der Waals surface area contributed by atoms with Crippen LogP contribution in [0, 0.1) is 5.82 Å². The van der Waals surface area contributed by atoms with Gasteiger partial charge in [0.15, 0.2) is 5.82 Å². The fourth-order valence-corrected chi connectivity index (χ4v) is 3.81. The zero-order valence-corrected chi connectivity index (χ0v) is 18.3. The van der Waals surface area contributed by atoms with Crippen LogP contribution >= 0.6 is 11.8 Å². The molecule has 3 aromatic rings. The average molecular weight is 453 g/mol. The van der Waals surface area contributed by atoms with Gasteiger partial charge in [-0.15, -0.1) is 0 Å². The molecule has 0 atom stereocenters. The topological polar surface area (TPSA) is 59.9 Å². The predicted molar refractivity (Wildman–Crippen MR) is 124 cm³/mol. The van der Waals surface area contributed by atoms with Crippen LogP contribution in [0.3, 0.4) is 0 Å². The van der Waals surface area contributed by atoms with Crippen molar-refractivity contribution in [2.75, 3.05) is 18.2 Å². The van der Waals surface area contributed by atoms with Crippen LogP contribution in [0.5, 0.6) is 5.75 Å². The molecule has 5 nitrogen and oxygen atoms in total. The number of thioether (sulfide) groups is 1. The summed E-state index contributed by atoms with van der Waals surface area (Å²) in [6.07, 6.45) is 8.08. The molecule has 1 heterocycles. The minimum atomic E-state index is -0.449. The zero-order valence-electron chi connectivity index (χ0n) is 17.5. The number of anilines is 2. The van der Waals surface area contributed by atoms with Crippen LogP contribution in [0.15, 0.2) is 72.3 Å². The molecule has 1 aromatic heterocycles. The first kappa shape index (κ1) is 22.0. The molecule has 1 N–H and O–H groups in total. The van der Waals surface area contributed by atoms with Crippen LogP contribution in [0.4, 0.5) is 20.4 Å². The monoisotopic (exact) mass is 452 g/mol. The van der Waals surface area contributed by atoms with E-state index in [9.17, 15) is 8.78 Å². The van der Waals surface area contributed by atoms with E-state index in [2.05, 4.69) is 26.3 Å². The molecule has 0 aliphatic heterocycles. The van der Waals surface area contributed by atoms with Gasteiger partial charge in [-0.2, -0.15) is 16.7 Å². The molecule has 164 valence electrons. The van der Waals surface area contributed by atoms with Crippen molar-refractivity contribution >= 4 is 23.4 Å². The van der Waals surface area contributed by atoms with Gasteiger partial charge in [0.2, 0.25) is 5.95 Å². The van der Waals surface area contributed by atoms with E-state index in [1.807, 2.05) is 30.5 Å². The summed E-state index contributed by atoms with van der Waals surface area (Å²) in [6, 6.07) is 12.0. The van der Waals surface area contributed by atoms with Gasteiger partial charge < -0.3 is 10.1 Å². The molecule has 4 rings (SSSR count). The van der Waals surface area contributed by atoms with Crippen molar-refractivity contribution in [1.29, 1.82) is 0 Å². The number of hydrogen-bond acceptors (Lipinski definition) is 6. The molecule has 0 unspecified atom stereocenters. The molecular weight excluding hydrogens is 430 g/mol. The maximum atomic E-state index is 14.0. The lowest BCUT2D eigenvalue weighted by atomic mass is 10.1. The highest BCUT2D eigenvalue weighted by atomic mass is 32.2. The van der Waals surface area contributed by atoms with Crippen molar-refractivity contribution in [2.45, 2.75) is 18.6 Å². The third-order valence-corrected chi connectivity index (χ3v) is 5.45. The van der Waals surface area contributed by atoms with Crippen LogP contribution in [-0.4, -0.2) is 27.8 Å². The molecular formula is C24H22F2N4OS. The second kappa shape index (κ2) is 10.4. The Balaban J connectivity index is 1.58. The molecule has 0 spiro atoms. The minimum Gasteiger partial charge on any atom is -0.488 e. The number of halogens is 2. The summed E-state index contributed by atoms with van der Waals surface area (Å²) in [5.74, 6) is 1.21. The van der Waals surface area contributed by atoms with E-state index >= 15 is 0 Å². The first-order chi connectivity index (χ1) is 15.6.